The molecule has 0 saturated carbocycles. The third-order valence-corrected chi connectivity index (χ3v) is 8.19. The lowest BCUT2D eigenvalue weighted by molar-refractivity contribution is -0.0498. The topological polar surface area (TPSA) is 84.4 Å². The van der Waals surface area contributed by atoms with Gasteiger partial charge < -0.3 is 10.1 Å². The predicted molar refractivity (Wildman–Crippen MR) is 114 cm³/mol. The Hall–Kier alpha value is -2.63. The van der Waals surface area contributed by atoms with Crippen LogP contribution >= 0.6 is 11.3 Å². The van der Waals surface area contributed by atoms with E-state index in [1.165, 1.54) is 16.4 Å². The third kappa shape index (κ3) is 5.17. The van der Waals surface area contributed by atoms with Gasteiger partial charge in [0, 0.05) is 31.0 Å². The Labute approximate surface area is 182 Å². The Balaban J connectivity index is 1.53. The number of nitrogens with one attached hydrogen (secondary N) is 1. The molecule has 1 aliphatic heterocycles. The molecule has 3 aromatic rings. The number of rotatable bonds is 7. The summed E-state index contributed by atoms with van der Waals surface area (Å²) < 4.78 is 56.8. The highest BCUT2D eigenvalue weighted by Gasteiger charge is 2.27. The molecule has 1 saturated heterocycles. The molecule has 0 radical (unpaired) electrons. The summed E-state index contributed by atoms with van der Waals surface area (Å²) in [7, 11) is -3.50. The zero-order chi connectivity index (χ0) is 21.8. The van der Waals surface area contributed by atoms with Crippen molar-refractivity contribution in [3.05, 3.63) is 48.7 Å². The number of thiophene rings is 1. The highest BCUT2D eigenvalue weighted by molar-refractivity contribution is 7.91. The minimum atomic E-state index is -3.50. The van der Waals surface area contributed by atoms with Gasteiger partial charge in [-0.05, 0) is 43.2 Å². The maximum atomic E-state index is 12.9. The number of anilines is 2. The first-order valence-corrected chi connectivity index (χ1v) is 11.9. The summed E-state index contributed by atoms with van der Waals surface area (Å²) in [6.45, 7) is -1.82. The molecule has 0 spiro atoms. The van der Waals surface area contributed by atoms with Crippen molar-refractivity contribution >= 4 is 33.0 Å². The Kier molecular flexibility index (Phi) is 6.44. The molecule has 0 atom stereocenters. The second-order valence-corrected chi connectivity index (χ2v) is 10.1. The molecule has 2 aromatic heterocycles. The van der Waals surface area contributed by atoms with E-state index >= 15 is 0 Å². The zero-order valence-corrected chi connectivity index (χ0v) is 18.0. The van der Waals surface area contributed by atoms with E-state index in [9.17, 15) is 17.2 Å². The van der Waals surface area contributed by atoms with Gasteiger partial charge in [0.15, 0.2) is 0 Å². The molecule has 0 amide bonds. The number of aromatic nitrogens is 2. The van der Waals surface area contributed by atoms with Crippen LogP contribution in [0, 0.1) is 0 Å². The first kappa shape index (κ1) is 21.6. The number of sulfonamides is 1. The number of nitrogens with zero attached hydrogens (tertiary/aromatic N) is 3. The van der Waals surface area contributed by atoms with Gasteiger partial charge >= 0.3 is 6.61 Å². The summed E-state index contributed by atoms with van der Waals surface area (Å²) in [4.78, 5) is 9.26. The van der Waals surface area contributed by atoms with E-state index in [0.29, 0.717) is 29.3 Å². The quantitative estimate of drug-likeness (QED) is 0.542. The van der Waals surface area contributed by atoms with Crippen molar-refractivity contribution < 1.29 is 21.9 Å². The Morgan fingerprint density at radius 3 is 2.68 bits per heavy atom. The molecule has 1 aromatic carbocycles. The summed E-state index contributed by atoms with van der Waals surface area (Å²) in [6.07, 6.45) is 4.35. The maximum Gasteiger partial charge on any atom is 0.387 e. The van der Waals surface area contributed by atoms with Crippen molar-refractivity contribution in [1.82, 2.24) is 14.3 Å². The molecule has 3 heterocycles. The number of hydrogen-bond acceptors (Lipinski definition) is 7. The fraction of sp³-hybridized carbons (Fsp3) is 0.300. The van der Waals surface area contributed by atoms with Gasteiger partial charge in [-0.25, -0.2) is 18.4 Å². The number of piperidine rings is 1. The van der Waals surface area contributed by atoms with E-state index in [-0.39, 0.29) is 15.9 Å². The predicted octanol–water partition coefficient (Wildman–Crippen LogP) is 4.72. The molecule has 4 rings (SSSR count). The van der Waals surface area contributed by atoms with Crippen LogP contribution in [0.5, 0.6) is 5.75 Å². The number of hydrogen-bond donors (Lipinski definition) is 1. The third-order valence-electron chi connectivity index (χ3n) is 4.71. The maximum absolute atomic E-state index is 12.9. The minimum Gasteiger partial charge on any atom is -0.435 e. The van der Waals surface area contributed by atoms with Crippen molar-refractivity contribution in [3.8, 4) is 16.3 Å². The van der Waals surface area contributed by atoms with Gasteiger partial charge in [0.05, 0.1) is 10.6 Å². The molecule has 11 heteroatoms. The zero-order valence-electron chi connectivity index (χ0n) is 16.4. The van der Waals surface area contributed by atoms with Gasteiger partial charge in [0.1, 0.15) is 9.96 Å². The molecule has 31 heavy (non-hydrogen) atoms. The van der Waals surface area contributed by atoms with Crippen LogP contribution in [0.1, 0.15) is 19.3 Å². The highest BCUT2D eigenvalue weighted by Crippen LogP contribution is 2.33. The molecule has 0 bridgehead atoms. The lowest BCUT2D eigenvalue weighted by atomic mass is 10.2. The lowest BCUT2D eigenvalue weighted by Crippen LogP contribution is -2.35. The van der Waals surface area contributed by atoms with Crippen LogP contribution in [-0.4, -0.2) is 42.4 Å². The first-order valence-electron chi connectivity index (χ1n) is 9.67. The van der Waals surface area contributed by atoms with E-state index in [1.807, 2.05) is 0 Å². The molecule has 1 aliphatic rings. The van der Waals surface area contributed by atoms with Crippen LogP contribution in [0.3, 0.4) is 0 Å². The Morgan fingerprint density at radius 1 is 1.10 bits per heavy atom. The molecule has 0 aliphatic carbocycles. The molecule has 0 unspecified atom stereocenters. The number of alkyl halides is 2. The van der Waals surface area contributed by atoms with E-state index in [1.54, 1.807) is 36.5 Å². The molecule has 1 N–H and O–H groups in total. The fourth-order valence-electron chi connectivity index (χ4n) is 3.26. The van der Waals surface area contributed by atoms with Crippen LogP contribution in [0.4, 0.5) is 20.4 Å². The second-order valence-electron chi connectivity index (χ2n) is 6.88. The summed E-state index contributed by atoms with van der Waals surface area (Å²) in [5, 5.41) is 2.95. The molecule has 7 nitrogen and oxygen atoms in total. The fourth-order valence-corrected chi connectivity index (χ4v) is 6.21. The van der Waals surface area contributed by atoms with Crippen molar-refractivity contribution in [2.75, 3.05) is 18.4 Å². The van der Waals surface area contributed by atoms with Crippen molar-refractivity contribution in [2.24, 2.45) is 0 Å². The van der Waals surface area contributed by atoms with Gasteiger partial charge in [0.25, 0.3) is 10.0 Å². The molecular weight excluding hydrogens is 446 g/mol. The van der Waals surface area contributed by atoms with Gasteiger partial charge in [-0.15, -0.1) is 11.3 Å². The normalized spacial score (nSPS) is 15.2. The Bertz CT molecular complexity index is 1150. The number of ether oxygens (including phenoxy) is 1. The Morgan fingerprint density at radius 2 is 1.90 bits per heavy atom. The van der Waals surface area contributed by atoms with Crippen LogP contribution in [-0.2, 0) is 10.0 Å². The van der Waals surface area contributed by atoms with Crippen LogP contribution in [0.15, 0.2) is 52.9 Å². The summed E-state index contributed by atoms with van der Waals surface area (Å²) in [5.41, 5.74) is 1.04. The first-order chi connectivity index (χ1) is 14.9. The van der Waals surface area contributed by atoms with Crippen LogP contribution in [0.2, 0.25) is 0 Å². The molecule has 164 valence electrons. The monoisotopic (exact) mass is 466 g/mol. The summed E-state index contributed by atoms with van der Waals surface area (Å²) in [5.74, 6) is 0.266. The van der Waals surface area contributed by atoms with Gasteiger partial charge in [-0.3, -0.25) is 0 Å². The van der Waals surface area contributed by atoms with E-state index in [2.05, 4.69) is 20.0 Å². The number of halogens is 2. The van der Waals surface area contributed by atoms with Crippen molar-refractivity contribution in [1.29, 1.82) is 0 Å². The van der Waals surface area contributed by atoms with E-state index < -0.39 is 16.6 Å². The van der Waals surface area contributed by atoms with Gasteiger partial charge in [-0.2, -0.15) is 13.1 Å². The van der Waals surface area contributed by atoms with Gasteiger partial charge in [-0.1, -0.05) is 12.5 Å². The number of benzene rings is 1. The average molecular weight is 467 g/mol. The van der Waals surface area contributed by atoms with E-state index in [0.717, 1.165) is 30.6 Å². The molecule has 1 fully saturated rings. The largest absolute Gasteiger partial charge is 0.435 e. The standard InChI is InChI=1S/C20H20F2N4O3S2/c21-19(22)29-15-6-4-5-14(13-15)24-20-23-10-9-16(25-20)17-7-8-18(30-17)31(27,28)26-11-2-1-3-12-26/h4-10,13,19H,1-3,11-12H2,(H,23,24,25). The van der Waals surface area contributed by atoms with E-state index in [4.69, 9.17) is 0 Å². The van der Waals surface area contributed by atoms with Crippen molar-refractivity contribution in [2.45, 2.75) is 30.1 Å². The van der Waals surface area contributed by atoms with Crippen LogP contribution in [0.25, 0.3) is 10.6 Å². The SMILES string of the molecule is O=S(=O)(c1ccc(-c2ccnc(Nc3cccc(OC(F)F)c3)n2)s1)N1CCCCC1. The smallest absolute Gasteiger partial charge is 0.387 e. The summed E-state index contributed by atoms with van der Waals surface area (Å²) in [6, 6.07) is 11.1. The van der Waals surface area contributed by atoms with Gasteiger partial charge in [0.2, 0.25) is 5.95 Å². The molecular formula is C20H20F2N4O3S2. The lowest BCUT2D eigenvalue weighted by Gasteiger charge is -2.25. The van der Waals surface area contributed by atoms with Crippen molar-refractivity contribution in [3.63, 3.8) is 0 Å². The minimum absolute atomic E-state index is 0.0157. The van der Waals surface area contributed by atoms with Crippen LogP contribution < -0.4 is 10.1 Å². The second kappa shape index (κ2) is 9.25. The average Bonchev–Trinajstić information content (AvgIpc) is 3.26. The summed E-state index contributed by atoms with van der Waals surface area (Å²) >= 11 is 1.16. The highest BCUT2D eigenvalue weighted by atomic mass is 32.2.